The van der Waals surface area contributed by atoms with Crippen molar-refractivity contribution in [2.75, 3.05) is 5.32 Å². The summed E-state index contributed by atoms with van der Waals surface area (Å²) >= 11 is 3.09. The van der Waals surface area contributed by atoms with Crippen LogP contribution in [0.3, 0.4) is 0 Å². The predicted octanol–water partition coefficient (Wildman–Crippen LogP) is 3.97. The molecule has 0 aliphatic carbocycles. The van der Waals surface area contributed by atoms with Gasteiger partial charge in [0.25, 0.3) is 5.91 Å². The van der Waals surface area contributed by atoms with Gasteiger partial charge in [-0.2, -0.15) is 0 Å². The number of nitrogens with one attached hydrogen (secondary N) is 1. The summed E-state index contributed by atoms with van der Waals surface area (Å²) in [6, 6.07) is 10.2. The van der Waals surface area contributed by atoms with Gasteiger partial charge in [-0.05, 0) is 56.3 Å². The second-order valence-electron chi connectivity index (χ2n) is 5.29. The van der Waals surface area contributed by atoms with Gasteiger partial charge in [-0.1, -0.05) is 15.9 Å². The molecule has 2 aromatic rings. The van der Waals surface area contributed by atoms with Crippen LogP contribution in [0.15, 0.2) is 46.9 Å². The van der Waals surface area contributed by atoms with E-state index in [0.717, 1.165) is 6.07 Å². The quantitative estimate of drug-likeness (QED) is 0.600. The molecule has 1 amide bonds. The fourth-order valence-corrected chi connectivity index (χ4v) is 2.30. The first-order valence-corrected chi connectivity index (χ1v) is 8.15. The Morgan fingerprint density at radius 1 is 1.12 bits per heavy atom. The molecule has 1 atom stereocenters. The Morgan fingerprint density at radius 3 is 2.32 bits per heavy atom. The maximum absolute atomic E-state index is 13.7. The van der Waals surface area contributed by atoms with Gasteiger partial charge in [0.15, 0.2) is 11.9 Å². The summed E-state index contributed by atoms with van der Waals surface area (Å²) in [5.41, 5.74) is 0.713. The number of carbonyl (C=O) groups is 3. The summed E-state index contributed by atoms with van der Waals surface area (Å²) in [5, 5.41) is 2.56. The lowest BCUT2D eigenvalue weighted by atomic mass is 10.1. The lowest BCUT2D eigenvalue weighted by Crippen LogP contribution is -2.30. The SMILES string of the molecule is CC(=O)c1ccc(NC(=O)[C@H](C)OC(=O)c2ccc(Br)cc2F)cc1. The Kier molecular flexibility index (Phi) is 6.03. The lowest BCUT2D eigenvalue weighted by molar-refractivity contribution is -0.123. The molecule has 25 heavy (non-hydrogen) atoms. The van der Waals surface area contributed by atoms with E-state index in [4.69, 9.17) is 4.74 Å². The Bertz CT molecular complexity index is 820. The van der Waals surface area contributed by atoms with Crippen LogP contribution in [-0.4, -0.2) is 23.8 Å². The minimum atomic E-state index is -1.12. The summed E-state index contributed by atoms with van der Waals surface area (Å²) in [7, 11) is 0. The Morgan fingerprint density at radius 2 is 1.76 bits per heavy atom. The van der Waals surface area contributed by atoms with E-state index in [2.05, 4.69) is 21.2 Å². The van der Waals surface area contributed by atoms with Gasteiger partial charge in [0.1, 0.15) is 5.82 Å². The Labute approximate surface area is 152 Å². The minimum absolute atomic E-state index is 0.0864. The largest absolute Gasteiger partial charge is 0.449 e. The standard InChI is InChI=1S/C18H15BrFNO4/c1-10(22)12-3-6-14(7-4-12)21-17(23)11(2)25-18(24)15-8-5-13(19)9-16(15)20/h3-9,11H,1-2H3,(H,21,23)/t11-/m0/s1. The lowest BCUT2D eigenvalue weighted by Gasteiger charge is -2.14. The van der Waals surface area contributed by atoms with Gasteiger partial charge in [-0.25, -0.2) is 9.18 Å². The third-order valence-corrected chi connectivity index (χ3v) is 3.86. The van der Waals surface area contributed by atoms with E-state index in [-0.39, 0.29) is 11.3 Å². The summed E-state index contributed by atoms with van der Waals surface area (Å²) < 4.78 is 19.2. The number of ketones is 1. The van der Waals surface area contributed by atoms with Crippen LogP contribution in [0.2, 0.25) is 0 Å². The second-order valence-corrected chi connectivity index (χ2v) is 6.21. The van der Waals surface area contributed by atoms with Crippen molar-refractivity contribution in [3.8, 4) is 0 Å². The minimum Gasteiger partial charge on any atom is -0.449 e. The molecule has 0 unspecified atom stereocenters. The van der Waals surface area contributed by atoms with Gasteiger partial charge >= 0.3 is 5.97 Å². The number of hydrogen-bond acceptors (Lipinski definition) is 4. The molecule has 5 nitrogen and oxygen atoms in total. The molecule has 7 heteroatoms. The number of Topliss-reactive ketones (excluding diaryl/α,β-unsaturated/α-hetero) is 1. The van der Waals surface area contributed by atoms with Crippen LogP contribution in [0.1, 0.15) is 34.6 Å². The molecule has 130 valence electrons. The number of carbonyl (C=O) groups excluding carboxylic acids is 3. The molecule has 0 aliphatic heterocycles. The van der Waals surface area contributed by atoms with E-state index in [1.54, 1.807) is 24.3 Å². The van der Waals surface area contributed by atoms with Gasteiger partial charge in [-0.3, -0.25) is 9.59 Å². The predicted molar refractivity (Wildman–Crippen MR) is 94.1 cm³/mol. The van der Waals surface area contributed by atoms with E-state index in [1.807, 2.05) is 0 Å². The van der Waals surface area contributed by atoms with Crippen LogP contribution in [0.5, 0.6) is 0 Å². The highest BCUT2D eigenvalue weighted by atomic mass is 79.9. The zero-order valence-electron chi connectivity index (χ0n) is 13.5. The van der Waals surface area contributed by atoms with Gasteiger partial charge in [0, 0.05) is 15.7 Å². The van der Waals surface area contributed by atoms with Crippen LogP contribution in [-0.2, 0) is 9.53 Å². The molecule has 0 saturated carbocycles. The van der Waals surface area contributed by atoms with E-state index in [1.165, 1.54) is 26.0 Å². The van der Waals surface area contributed by atoms with Crippen molar-refractivity contribution in [1.82, 2.24) is 0 Å². The number of halogens is 2. The fraction of sp³-hybridized carbons (Fsp3) is 0.167. The van der Waals surface area contributed by atoms with Crippen molar-refractivity contribution < 1.29 is 23.5 Å². The number of amides is 1. The Balaban J connectivity index is 1.99. The average molecular weight is 408 g/mol. The van der Waals surface area contributed by atoms with Gasteiger partial charge < -0.3 is 10.1 Å². The monoisotopic (exact) mass is 407 g/mol. The van der Waals surface area contributed by atoms with Crippen molar-refractivity contribution in [3.63, 3.8) is 0 Å². The summed E-state index contributed by atoms with van der Waals surface area (Å²) in [6.45, 7) is 2.82. The summed E-state index contributed by atoms with van der Waals surface area (Å²) in [5.74, 6) is -2.33. The molecule has 0 spiro atoms. The average Bonchev–Trinajstić information content (AvgIpc) is 2.55. The molecule has 1 N–H and O–H groups in total. The third-order valence-electron chi connectivity index (χ3n) is 3.36. The van der Waals surface area contributed by atoms with Crippen LogP contribution in [0.4, 0.5) is 10.1 Å². The fourth-order valence-electron chi connectivity index (χ4n) is 1.96. The normalized spacial score (nSPS) is 11.5. The summed E-state index contributed by atoms with van der Waals surface area (Å²) in [4.78, 5) is 35.3. The van der Waals surface area contributed by atoms with Gasteiger partial charge in [0.2, 0.25) is 0 Å². The first-order valence-electron chi connectivity index (χ1n) is 7.36. The van der Waals surface area contributed by atoms with Crippen molar-refractivity contribution >= 4 is 39.3 Å². The molecule has 0 saturated heterocycles. The topological polar surface area (TPSA) is 72.5 Å². The van der Waals surface area contributed by atoms with Crippen LogP contribution in [0.25, 0.3) is 0 Å². The summed E-state index contributed by atoms with van der Waals surface area (Å²) in [6.07, 6.45) is -1.12. The highest BCUT2D eigenvalue weighted by molar-refractivity contribution is 9.10. The molecule has 0 heterocycles. The van der Waals surface area contributed by atoms with Gasteiger partial charge in [-0.15, -0.1) is 0 Å². The molecule has 0 aromatic heterocycles. The smallest absolute Gasteiger partial charge is 0.341 e. The van der Waals surface area contributed by atoms with Crippen molar-refractivity contribution in [3.05, 3.63) is 63.9 Å². The zero-order valence-corrected chi connectivity index (χ0v) is 15.1. The van der Waals surface area contributed by atoms with Crippen LogP contribution in [0, 0.1) is 5.82 Å². The molecule has 2 aromatic carbocycles. The molecular weight excluding hydrogens is 393 g/mol. The van der Waals surface area contributed by atoms with Gasteiger partial charge in [0.05, 0.1) is 5.56 Å². The Hall–Kier alpha value is -2.54. The maximum atomic E-state index is 13.7. The van der Waals surface area contributed by atoms with Crippen molar-refractivity contribution in [1.29, 1.82) is 0 Å². The van der Waals surface area contributed by atoms with Crippen LogP contribution >= 0.6 is 15.9 Å². The number of rotatable bonds is 5. The van der Waals surface area contributed by atoms with Crippen molar-refractivity contribution in [2.24, 2.45) is 0 Å². The van der Waals surface area contributed by atoms with E-state index >= 15 is 0 Å². The molecule has 0 radical (unpaired) electrons. The first-order chi connectivity index (χ1) is 11.8. The molecular formula is C18H15BrFNO4. The van der Waals surface area contributed by atoms with E-state index in [9.17, 15) is 18.8 Å². The number of hydrogen-bond donors (Lipinski definition) is 1. The van der Waals surface area contributed by atoms with Crippen molar-refractivity contribution in [2.45, 2.75) is 20.0 Å². The number of esters is 1. The van der Waals surface area contributed by atoms with Crippen LogP contribution < -0.4 is 5.32 Å². The highest BCUT2D eigenvalue weighted by Crippen LogP contribution is 2.17. The number of ether oxygens (including phenoxy) is 1. The number of benzene rings is 2. The molecule has 0 aliphatic rings. The van der Waals surface area contributed by atoms with E-state index in [0.29, 0.717) is 15.7 Å². The molecule has 2 rings (SSSR count). The molecule has 0 bridgehead atoms. The molecule has 0 fully saturated rings. The maximum Gasteiger partial charge on any atom is 0.341 e. The van der Waals surface area contributed by atoms with E-state index < -0.39 is 23.8 Å². The second kappa shape index (κ2) is 8.02. The first kappa shape index (κ1) is 18.8. The zero-order chi connectivity index (χ0) is 18.6. The third kappa shape index (κ3) is 4.96. The number of anilines is 1. The highest BCUT2D eigenvalue weighted by Gasteiger charge is 2.21.